The van der Waals surface area contributed by atoms with E-state index in [1.165, 1.54) is 0 Å². The molecule has 0 saturated carbocycles. The van der Waals surface area contributed by atoms with Gasteiger partial charge in [0.25, 0.3) is 0 Å². The van der Waals surface area contributed by atoms with E-state index in [0.29, 0.717) is 0 Å². The predicted octanol–water partition coefficient (Wildman–Crippen LogP) is 1.48. The Balaban J connectivity index is 1.92. The second-order valence-electron chi connectivity index (χ2n) is 5.28. The summed E-state index contributed by atoms with van der Waals surface area (Å²) in [5.41, 5.74) is 1.13. The molecule has 0 unspecified atom stereocenters. The van der Waals surface area contributed by atoms with Gasteiger partial charge in [0.15, 0.2) is 0 Å². The van der Waals surface area contributed by atoms with E-state index >= 15 is 0 Å². The molecule has 0 spiro atoms. The maximum atomic E-state index is 9.75. The summed E-state index contributed by atoms with van der Waals surface area (Å²) in [5.74, 6) is 0.283. The van der Waals surface area contributed by atoms with Crippen LogP contribution in [0, 0.1) is 0 Å². The highest BCUT2D eigenvalue weighted by Crippen LogP contribution is 2.26. The number of hydrogen-bond acceptors (Lipinski definition) is 4. The smallest absolute Gasteiger partial charge is 0.116 e. The molecule has 3 N–H and O–H groups in total. The third-order valence-corrected chi connectivity index (χ3v) is 4.00. The number of phenolic OH excluding ortho intramolecular Hbond substituents is 1. The van der Waals surface area contributed by atoms with Gasteiger partial charge in [-0.25, -0.2) is 0 Å². The number of rotatable bonds is 3. The van der Waals surface area contributed by atoms with Crippen molar-refractivity contribution < 1.29 is 10.2 Å². The Labute approximate surface area is 118 Å². The van der Waals surface area contributed by atoms with E-state index in [1.807, 2.05) is 18.2 Å². The largest absolute Gasteiger partial charge is 0.508 e. The molecule has 1 aliphatic heterocycles. The molecule has 106 valence electrons. The maximum absolute atomic E-state index is 9.75. The van der Waals surface area contributed by atoms with Gasteiger partial charge in [0.1, 0.15) is 5.75 Å². The monoisotopic (exact) mass is 272 g/mol. The highest BCUT2D eigenvalue weighted by atomic mass is 16.3. The number of nitrogens with one attached hydrogen (secondary N) is 1. The first-order valence-corrected chi connectivity index (χ1v) is 7.06. The van der Waals surface area contributed by atoms with Crippen molar-refractivity contribution in [2.24, 2.45) is 0 Å². The average Bonchev–Trinajstić information content (AvgIpc) is 2.49. The molecule has 20 heavy (non-hydrogen) atoms. The highest BCUT2D eigenvalue weighted by Gasteiger charge is 2.21. The Morgan fingerprint density at radius 3 is 2.50 bits per heavy atom. The quantitative estimate of drug-likeness (QED) is 0.792. The van der Waals surface area contributed by atoms with Gasteiger partial charge in [-0.05, 0) is 34.5 Å². The van der Waals surface area contributed by atoms with Crippen molar-refractivity contribution in [3.05, 3.63) is 42.0 Å². The fraction of sp³-hybridized carbons (Fsp3) is 0.375. The number of benzene rings is 2. The summed E-state index contributed by atoms with van der Waals surface area (Å²) < 4.78 is 0. The molecule has 0 radical (unpaired) electrons. The molecule has 2 aromatic carbocycles. The summed E-state index contributed by atoms with van der Waals surface area (Å²) >= 11 is 0. The lowest BCUT2D eigenvalue weighted by Crippen LogP contribution is -2.46. The number of piperazine rings is 1. The number of nitrogens with zero attached hydrogens (tertiary/aromatic N) is 1. The summed E-state index contributed by atoms with van der Waals surface area (Å²) in [6.45, 7) is 3.98. The van der Waals surface area contributed by atoms with Gasteiger partial charge in [0.05, 0.1) is 12.6 Å². The van der Waals surface area contributed by atoms with Crippen LogP contribution in [0.2, 0.25) is 0 Å². The minimum absolute atomic E-state index is 0.0512. The molecule has 0 aromatic heterocycles. The Hall–Kier alpha value is -1.62. The molecule has 0 bridgehead atoms. The molecule has 0 aliphatic carbocycles. The van der Waals surface area contributed by atoms with Crippen LogP contribution in [0.3, 0.4) is 0 Å². The normalized spacial score (nSPS) is 18.2. The molecule has 0 amide bonds. The van der Waals surface area contributed by atoms with Crippen molar-refractivity contribution in [1.82, 2.24) is 10.2 Å². The Morgan fingerprint density at radius 1 is 1.05 bits per heavy atom. The lowest BCUT2D eigenvalue weighted by Gasteiger charge is -2.34. The standard InChI is InChI=1S/C16H20N2O2/c19-11-16(18-7-5-17-6-8-18)14-2-1-13-10-15(20)4-3-12(13)9-14/h1-4,9-10,16-17,19-20H,5-8,11H2/t16-/m1/s1. The fourth-order valence-electron chi connectivity index (χ4n) is 2.88. The van der Waals surface area contributed by atoms with Gasteiger partial charge in [-0.2, -0.15) is 0 Å². The van der Waals surface area contributed by atoms with Crippen molar-refractivity contribution in [1.29, 1.82) is 0 Å². The van der Waals surface area contributed by atoms with E-state index in [2.05, 4.69) is 16.3 Å². The molecule has 1 heterocycles. The van der Waals surface area contributed by atoms with E-state index in [4.69, 9.17) is 0 Å². The minimum Gasteiger partial charge on any atom is -0.508 e. The number of hydrogen-bond donors (Lipinski definition) is 3. The first kappa shape index (κ1) is 13.4. The summed E-state index contributed by atoms with van der Waals surface area (Å²) in [6, 6.07) is 11.6. The number of fused-ring (bicyclic) bond motifs is 1. The molecule has 1 saturated heterocycles. The number of aliphatic hydroxyl groups is 1. The van der Waals surface area contributed by atoms with Crippen molar-refractivity contribution in [3.63, 3.8) is 0 Å². The zero-order valence-corrected chi connectivity index (χ0v) is 11.4. The number of aromatic hydroxyl groups is 1. The molecule has 4 heteroatoms. The molecule has 1 aliphatic rings. The third-order valence-electron chi connectivity index (χ3n) is 4.00. The fourth-order valence-corrected chi connectivity index (χ4v) is 2.88. The molecule has 1 fully saturated rings. The Morgan fingerprint density at radius 2 is 1.75 bits per heavy atom. The lowest BCUT2D eigenvalue weighted by molar-refractivity contribution is 0.111. The van der Waals surface area contributed by atoms with Crippen LogP contribution in [0.5, 0.6) is 5.75 Å². The van der Waals surface area contributed by atoms with Gasteiger partial charge in [0.2, 0.25) is 0 Å². The summed E-state index contributed by atoms with van der Waals surface area (Å²) in [5, 5.41) is 24.7. The zero-order chi connectivity index (χ0) is 13.9. The van der Waals surface area contributed by atoms with Gasteiger partial charge < -0.3 is 15.5 Å². The van der Waals surface area contributed by atoms with E-state index in [1.54, 1.807) is 12.1 Å². The molecule has 3 rings (SSSR count). The van der Waals surface area contributed by atoms with Crippen LogP contribution in [-0.2, 0) is 0 Å². The van der Waals surface area contributed by atoms with E-state index in [0.717, 1.165) is 42.5 Å². The molecule has 1 atom stereocenters. The van der Waals surface area contributed by atoms with Crippen LogP contribution in [-0.4, -0.2) is 47.9 Å². The first-order valence-electron chi connectivity index (χ1n) is 7.06. The molecule has 4 nitrogen and oxygen atoms in total. The van der Waals surface area contributed by atoms with Crippen molar-refractivity contribution in [3.8, 4) is 5.75 Å². The van der Waals surface area contributed by atoms with Crippen molar-refractivity contribution in [2.75, 3.05) is 32.8 Å². The summed E-state index contributed by atoms with van der Waals surface area (Å²) in [6.07, 6.45) is 0. The predicted molar refractivity (Wildman–Crippen MR) is 79.9 cm³/mol. The number of aliphatic hydroxyl groups excluding tert-OH is 1. The van der Waals surface area contributed by atoms with Crippen LogP contribution >= 0.6 is 0 Å². The van der Waals surface area contributed by atoms with Crippen LogP contribution in [0.4, 0.5) is 0 Å². The van der Waals surface area contributed by atoms with E-state index in [-0.39, 0.29) is 18.4 Å². The summed E-state index contributed by atoms with van der Waals surface area (Å²) in [4.78, 5) is 2.32. The zero-order valence-electron chi connectivity index (χ0n) is 11.4. The van der Waals surface area contributed by atoms with Gasteiger partial charge in [-0.1, -0.05) is 18.2 Å². The Kier molecular flexibility index (Phi) is 3.87. The van der Waals surface area contributed by atoms with Gasteiger partial charge in [0, 0.05) is 26.2 Å². The van der Waals surface area contributed by atoms with Gasteiger partial charge in [-0.15, -0.1) is 0 Å². The second-order valence-corrected chi connectivity index (χ2v) is 5.28. The number of phenols is 1. The minimum atomic E-state index is 0.0512. The first-order chi connectivity index (χ1) is 9.78. The Bertz CT molecular complexity index is 594. The van der Waals surface area contributed by atoms with E-state index in [9.17, 15) is 10.2 Å². The highest BCUT2D eigenvalue weighted by molar-refractivity contribution is 5.84. The topological polar surface area (TPSA) is 55.7 Å². The third kappa shape index (κ3) is 2.63. The lowest BCUT2D eigenvalue weighted by atomic mass is 10.0. The van der Waals surface area contributed by atoms with Gasteiger partial charge in [-0.3, -0.25) is 4.90 Å². The summed E-state index contributed by atoms with van der Waals surface area (Å²) in [7, 11) is 0. The molecular formula is C16H20N2O2. The SMILES string of the molecule is OC[C@H](c1ccc2cc(O)ccc2c1)N1CCNCC1. The molecular weight excluding hydrogens is 252 g/mol. The van der Waals surface area contributed by atoms with Gasteiger partial charge >= 0.3 is 0 Å². The second kappa shape index (κ2) is 5.79. The average molecular weight is 272 g/mol. The van der Waals surface area contributed by atoms with Crippen LogP contribution < -0.4 is 5.32 Å². The van der Waals surface area contributed by atoms with Crippen molar-refractivity contribution >= 4 is 10.8 Å². The van der Waals surface area contributed by atoms with Crippen LogP contribution in [0.25, 0.3) is 10.8 Å². The molecule has 2 aromatic rings. The van der Waals surface area contributed by atoms with Crippen LogP contribution in [0.1, 0.15) is 11.6 Å². The van der Waals surface area contributed by atoms with E-state index < -0.39 is 0 Å². The maximum Gasteiger partial charge on any atom is 0.116 e. The van der Waals surface area contributed by atoms with Crippen molar-refractivity contribution in [2.45, 2.75) is 6.04 Å². The van der Waals surface area contributed by atoms with Crippen LogP contribution in [0.15, 0.2) is 36.4 Å².